The summed E-state index contributed by atoms with van der Waals surface area (Å²) in [5, 5.41) is 14.4. The highest BCUT2D eigenvalue weighted by Crippen LogP contribution is 2.48. The summed E-state index contributed by atoms with van der Waals surface area (Å²) in [4.78, 5) is 61.8. The number of fused-ring (bicyclic) bond motifs is 1. The molecule has 2 aromatic rings. The van der Waals surface area contributed by atoms with Gasteiger partial charge in [-0.15, -0.1) is 5.10 Å². The van der Waals surface area contributed by atoms with Crippen molar-refractivity contribution in [2.75, 3.05) is 5.32 Å². The fourth-order valence-corrected chi connectivity index (χ4v) is 5.28. The molecule has 2 N–H and O–H groups in total. The summed E-state index contributed by atoms with van der Waals surface area (Å²) in [6, 6.07) is 4.06. The molecule has 2 fully saturated rings. The van der Waals surface area contributed by atoms with E-state index >= 15 is 0 Å². The Bertz CT molecular complexity index is 1270. The zero-order valence-electron chi connectivity index (χ0n) is 21.3. The van der Waals surface area contributed by atoms with Crippen LogP contribution >= 0.6 is 0 Å². The average molecular weight is 521 g/mol. The molecular formula is C27H32N6O5. The van der Waals surface area contributed by atoms with Crippen LogP contribution in [0.1, 0.15) is 97.0 Å². The number of imide groups is 2. The Kier molecular flexibility index (Phi) is 7.35. The number of carbonyl (C=O) groups excluding carboxylic acids is 5. The molecule has 1 atom stereocenters. The molecule has 0 radical (unpaired) electrons. The third-order valence-corrected chi connectivity index (χ3v) is 7.58. The maximum atomic E-state index is 13.4. The van der Waals surface area contributed by atoms with Crippen LogP contribution < -0.4 is 10.6 Å². The zero-order valence-corrected chi connectivity index (χ0v) is 21.3. The SMILES string of the molecule is O=CCCCCCCCCn1cc(C2(Nc3cccc4c3C(=O)N(C3CCC(=O)NC3=O)C4=O)CC2)nn1. The smallest absolute Gasteiger partial charge is 0.264 e. The van der Waals surface area contributed by atoms with Crippen LogP contribution in [-0.2, 0) is 26.5 Å². The summed E-state index contributed by atoms with van der Waals surface area (Å²) < 4.78 is 1.85. The van der Waals surface area contributed by atoms with Crippen molar-refractivity contribution >= 4 is 35.6 Å². The summed E-state index contributed by atoms with van der Waals surface area (Å²) in [5.41, 5.74) is 1.35. The first-order valence-corrected chi connectivity index (χ1v) is 13.4. The summed E-state index contributed by atoms with van der Waals surface area (Å²) in [6.45, 7) is 0.770. The number of amides is 4. The molecule has 4 amide bonds. The summed E-state index contributed by atoms with van der Waals surface area (Å²) in [5.74, 6) is -2.09. The third-order valence-electron chi connectivity index (χ3n) is 7.58. The van der Waals surface area contributed by atoms with Gasteiger partial charge in [-0.1, -0.05) is 37.0 Å². The number of unbranched alkanes of at least 4 members (excludes halogenated alkanes) is 6. The molecule has 0 bridgehead atoms. The molecule has 1 aromatic heterocycles. The molecule has 1 aromatic carbocycles. The van der Waals surface area contributed by atoms with E-state index < -0.39 is 35.2 Å². The number of nitrogens with one attached hydrogen (secondary N) is 2. The Morgan fingerprint density at radius 2 is 1.79 bits per heavy atom. The van der Waals surface area contributed by atoms with Crippen LogP contribution in [-0.4, -0.2) is 55.9 Å². The van der Waals surface area contributed by atoms with Gasteiger partial charge in [-0.2, -0.15) is 0 Å². The second kappa shape index (κ2) is 10.8. The standard InChI is InChI=1S/C27H32N6O5/c34-16-7-5-3-1-2-4-6-15-32-17-21(30-31-32)27(13-14-27)29-19-10-8-9-18-23(19)26(38)33(25(18)37)20-11-12-22(35)28-24(20)36/h8-10,16-17,20,29H,1-7,11-15H2,(H,28,35,36). The van der Waals surface area contributed by atoms with Crippen molar-refractivity contribution in [1.82, 2.24) is 25.2 Å². The van der Waals surface area contributed by atoms with E-state index in [-0.39, 0.29) is 24.0 Å². The number of aromatic nitrogens is 3. The van der Waals surface area contributed by atoms with Crippen LogP contribution in [0.3, 0.4) is 0 Å². The van der Waals surface area contributed by atoms with Crippen molar-refractivity contribution in [2.45, 2.75) is 88.8 Å². The number of anilines is 1. The minimum Gasteiger partial charge on any atom is -0.373 e. The van der Waals surface area contributed by atoms with Gasteiger partial charge in [0.05, 0.1) is 22.9 Å². The fourth-order valence-electron chi connectivity index (χ4n) is 5.28. The monoisotopic (exact) mass is 520 g/mol. The lowest BCUT2D eigenvalue weighted by Gasteiger charge is -2.28. The first-order chi connectivity index (χ1) is 18.4. The van der Waals surface area contributed by atoms with Crippen molar-refractivity contribution in [1.29, 1.82) is 0 Å². The molecule has 11 nitrogen and oxygen atoms in total. The summed E-state index contributed by atoms with van der Waals surface area (Å²) in [6.07, 6.45) is 11.8. The van der Waals surface area contributed by atoms with Gasteiger partial charge < -0.3 is 10.1 Å². The molecule has 0 spiro atoms. The Morgan fingerprint density at radius 1 is 1.03 bits per heavy atom. The molecule has 3 heterocycles. The van der Waals surface area contributed by atoms with E-state index in [1.54, 1.807) is 18.2 Å². The predicted molar refractivity (Wildman–Crippen MR) is 136 cm³/mol. The highest BCUT2D eigenvalue weighted by molar-refractivity contribution is 6.25. The van der Waals surface area contributed by atoms with Gasteiger partial charge in [0.2, 0.25) is 11.8 Å². The van der Waals surface area contributed by atoms with E-state index in [0.29, 0.717) is 12.1 Å². The molecule has 1 unspecified atom stereocenters. The maximum absolute atomic E-state index is 13.4. The van der Waals surface area contributed by atoms with Gasteiger partial charge >= 0.3 is 0 Å². The zero-order chi connectivity index (χ0) is 26.7. The number of hydrogen-bond donors (Lipinski definition) is 2. The Labute approximate surface area is 220 Å². The molecule has 2 aliphatic heterocycles. The van der Waals surface area contributed by atoms with Crippen molar-refractivity contribution in [3.63, 3.8) is 0 Å². The number of nitrogens with zero attached hydrogens (tertiary/aromatic N) is 4. The van der Waals surface area contributed by atoms with Crippen LogP contribution in [0.4, 0.5) is 5.69 Å². The highest BCUT2D eigenvalue weighted by Gasteiger charge is 2.50. The Balaban J connectivity index is 1.23. The van der Waals surface area contributed by atoms with Crippen LogP contribution in [0.5, 0.6) is 0 Å². The maximum Gasteiger partial charge on any atom is 0.264 e. The van der Waals surface area contributed by atoms with Crippen LogP contribution in [0.25, 0.3) is 0 Å². The van der Waals surface area contributed by atoms with Gasteiger partial charge in [-0.05, 0) is 44.2 Å². The highest BCUT2D eigenvalue weighted by atomic mass is 16.2. The lowest BCUT2D eigenvalue weighted by molar-refractivity contribution is -0.136. The van der Waals surface area contributed by atoms with E-state index in [4.69, 9.17) is 0 Å². The number of carbonyl (C=O) groups is 5. The third kappa shape index (κ3) is 5.09. The Morgan fingerprint density at radius 3 is 2.53 bits per heavy atom. The predicted octanol–water partition coefficient (Wildman–Crippen LogP) is 2.71. The minimum absolute atomic E-state index is 0.0785. The lowest BCUT2D eigenvalue weighted by Crippen LogP contribution is -2.54. The van der Waals surface area contributed by atoms with E-state index in [2.05, 4.69) is 20.9 Å². The molecule has 38 heavy (non-hydrogen) atoms. The lowest BCUT2D eigenvalue weighted by atomic mass is 10.0. The first-order valence-electron chi connectivity index (χ1n) is 13.4. The van der Waals surface area contributed by atoms with E-state index in [0.717, 1.165) is 74.8 Å². The van der Waals surface area contributed by atoms with Crippen molar-refractivity contribution in [2.24, 2.45) is 0 Å². The van der Waals surface area contributed by atoms with Gasteiger partial charge in [0.25, 0.3) is 11.8 Å². The number of aryl methyl sites for hydroxylation is 1. The van der Waals surface area contributed by atoms with Crippen molar-refractivity contribution in [3.8, 4) is 0 Å². The normalized spacial score (nSPS) is 19.9. The summed E-state index contributed by atoms with van der Waals surface area (Å²) in [7, 11) is 0. The summed E-state index contributed by atoms with van der Waals surface area (Å²) >= 11 is 0. The van der Waals surface area contributed by atoms with Crippen LogP contribution in [0.15, 0.2) is 24.4 Å². The van der Waals surface area contributed by atoms with Gasteiger partial charge in [-0.3, -0.25) is 34.1 Å². The number of aldehydes is 1. The quantitative estimate of drug-likeness (QED) is 0.233. The number of rotatable bonds is 13. The van der Waals surface area contributed by atoms with Gasteiger partial charge in [0.1, 0.15) is 18.0 Å². The Hall–Kier alpha value is -3.89. The molecule has 1 saturated carbocycles. The second-order valence-electron chi connectivity index (χ2n) is 10.3. The van der Waals surface area contributed by atoms with Crippen molar-refractivity contribution < 1.29 is 24.0 Å². The fraction of sp³-hybridized carbons (Fsp3) is 0.519. The number of benzene rings is 1. The topological polar surface area (TPSA) is 143 Å². The van der Waals surface area contributed by atoms with Crippen molar-refractivity contribution in [3.05, 3.63) is 41.2 Å². The van der Waals surface area contributed by atoms with Crippen LogP contribution in [0.2, 0.25) is 0 Å². The molecule has 5 rings (SSSR count). The molecule has 1 saturated heterocycles. The molecule has 11 heteroatoms. The van der Waals surface area contributed by atoms with Crippen LogP contribution in [0, 0.1) is 0 Å². The largest absolute Gasteiger partial charge is 0.373 e. The first kappa shape index (κ1) is 25.7. The molecule has 200 valence electrons. The van der Waals surface area contributed by atoms with E-state index in [1.165, 1.54) is 0 Å². The minimum atomic E-state index is -1.00. The average Bonchev–Trinajstić information content (AvgIpc) is 3.43. The van der Waals surface area contributed by atoms with Gasteiger partial charge in [0.15, 0.2) is 0 Å². The second-order valence-corrected chi connectivity index (χ2v) is 10.3. The number of hydrogen-bond acceptors (Lipinski definition) is 8. The van der Waals surface area contributed by atoms with Gasteiger partial charge in [0, 0.05) is 25.1 Å². The molecule has 1 aliphatic carbocycles. The van der Waals surface area contributed by atoms with E-state index in [1.807, 2.05) is 10.9 Å². The van der Waals surface area contributed by atoms with E-state index in [9.17, 15) is 24.0 Å². The molecular weight excluding hydrogens is 488 g/mol. The van der Waals surface area contributed by atoms with Gasteiger partial charge in [-0.25, -0.2) is 0 Å². The number of piperidine rings is 1. The molecule has 3 aliphatic rings.